The van der Waals surface area contributed by atoms with Crippen LogP contribution in [0.5, 0.6) is 0 Å². The van der Waals surface area contributed by atoms with E-state index in [2.05, 4.69) is 5.32 Å². The molecule has 3 nitrogen and oxygen atoms in total. The molecule has 0 saturated heterocycles. The summed E-state index contributed by atoms with van der Waals surface area (Å²) in [7, 11) is 0. The van der Waals surface area contributed by atoms with Crippen molar-refractivity contribution in [3.63, 3.8) is 0 Å². The van der Waals surface area contributed by atoms with Gasteiger partial charge >= 0.3 is 0 Å². The monoisotopic (exact) mass is 288 g/mol. The fourth-order valence-corrected chi connectivity index (χ4v) is 2.09. The van der Waals surface area contributed by atoms with Gasteiger partial charge in [0.25, 0.3) is 0 Å². The molecule has 0 saturated carbocycles. The summed E-state index contributed by atoms with van der Waals surface area (Å²) in [4.78, 5) is 12.1. The Kier molecular flexibility index (Phi) is 4.77. The Morgan fingerprint density at radius 2 is 1.95 bits per heavy atom. The predicted molar refractivity (Wildman–Crippen MR) is 82.9 cm³/mol. The molecule has 1 amide bonds. The van der Waals surface area contributed by atoms with E-state index in [0.717, 1.165) is 11.1 Å². The third-order valence-electron chi connectivity index (χ3n) is 3.01. The lowest BCUT2D eigenvalue weighted by molar-refractivity contribution is -0.117. The maximum Gasteiger partial charge on any atom is 0.241 e. The van der Waals surface area contributed by atoms with Gasteiger partial charge in [0.2, 0.25) is 5.91 Å². The number of hydrogen-bond acceptors (Lipinski definition) is 2. The molecular weight excluding hydrogens is 272 g/mol. The van der Waals surface area contributed by atoms with Crippen LogP contribution in [0.4, 0.5) is 5.69 Å². The Morgan fingerprint density at radius 1 is 1.25 bits per heavy atom. The number of halogens is 1. The molecule has 1 atom stereocenters. The summed E-state index contributed by atoms with van der Waals surface area (Å²) < 4.78 is 0. The molecule has 104 valence electrons. The number of nitrogens with two attached hydrogens (primary N) is 1. The number of carbonyl (C=O) groups is 1. The molecule has 0 aliphatic rings. The molecule has 0 fully saturated rings. The lowest BCUT2D eigenvalue weighted by Gasteiger charge is -2.13. The van der Waals surface area contributed by atoms with Gasteiger partial charge < -0.3 is 11.1 Å². The summed E-state index contributed by atoms with van der Waals surface area (Å²) in [5.74, 6) is -0.235. The third-order valence-corrected chi connectivity index (χ3v) is 3.34. The Labute approximate surface area is 123 Å². The second-order valence-corrected chi connectivity index (χ2v) is 5.18. The highest BCUT2D eigenvalue weighted by atomic mass is 35.5. The molecule has 20 heavy (non-hydrogen) atoms. The molecule has 0 radical (unpaired) electrons. The van der Waals surface area contributed by atoms with E-state index in [1.54, 1.807) is 6.07 Å². The number of aryl methyl sites for hydroxylation is 1. The van der Waals surface area contributed by atoms with Gasteiger partial charge in [-0.3, -0.25) is 4.79 Å². The van der Waals surface area contributed by atoms with E-state index in [1.807, 2.05) is 49.4 Å². The summed E-state index contributed by atoms with van der Waals surface area (Å²) in [6, 6.07) is 14.6. The summed E-state index contributed by atoms with van der Waals surface area (Å²) in [5.41, 5.74) is 8.59. The van der Waals surface area contributed by atoms with Gasteiger partial charge in [-0.2, -0.15) is 0 Å². The highest BCUT2D eigenvalue weighted by molar-refractivity contribution is 6.33. The Balaban J connectivity index is 2.02. The smallest absolute Gasteiger partial charge is 0.241 e. The van der Waals surface area contributed by atoms with Gasteiger partial charge in [0, 0.05) is 0 Å². The van der Waals surface area contributed by atoms with E-state index in [4.69, 9.17) is 17.3 Å². The second-order valence-electron chi connectivity index (χ2n) is 4.77. The maximum atomic E-state index is 12.1. The van der Waals surface area contributed by atoms with Gasteiger partial charge in [-0.1, -0.05) is 48.0 Å². The number of benzene rings is 2. The topological polar surface area (TPSA) is 55.1 Å². The van der Waals surface area contributed by atoms with Crippen LogP contribution in [0.25, 0.3) is 0 Å². The van der Waals surface area contributed by atoms with Crippen LogP contribution in [-0.2, 0) is 11.2 Å². The Bertz CT molecular complexity index is 599. The number of hydrogen-bond donors (Lipinski definition) is 2. The van der Waals surface area contributed by atoms with E-state index in [1.165, 1.54) is 0 Å². The molecule has 4 heteroatoms. The molecule has 2 aromatic carbocycles. The SMILES string of the molecule is Cc1ccc(Cl)c(NC(=O)C(N)Cc2ccccc2)c1. The minimum Gasteiger partial charge on any atom is -0.323 e. The van der Waals surface area contributed by atoms with E-state index in [-0.39, 0.29) is 5.91 Å². The minimum absolute atomic E-state index is 0.235. The van der Waals surface area contributed by atoms with Crippen molar-refractivity contribution in [1.29, 1.82) is 0 Å². The van der Waals surface area contributed by atoms with Crippen LogP contribution < -0.4 is 11.1 Å². The lowest BCUT2D eigenvalue weighted by atomic mass is 10.1. The number of anilines is 1. The minimum atomic E-state index is -0.603. The van der Waals surface area contributed by atoms with Gasteiger partial charge in [0.05, 0.1) is 16.8 Å². The van der Waals surface area contributed by atoms with Crippen molar-refractivity contribution in [1.82, 2.24) is 0 Å². The fraction of sp³-hybridized carbons (Fsp3) is 0.188. The molecule has 3 N–H and O–H groups in total. The largest absolute Gasteiger partial charge is 0.323 e. The van der Waals surface area contributed by atoms with Crippen molar-refractivity contribution in [2.75, 3.05) is 5.32 Å². The highest BCUT2D eigenvalue weighted by Crippen LogP contribution is 2.22. The normalized spacial score (nSPS) is 11.9. The van der Waals surface area contributed by atoms with Crippen molar-refractivity contribution >= 4 is 23.2 Å². The van der Waals surface area contributed by atoms with Gasteiger partial charge in [-0.15, -0.1) is 0 Å². The van der Waals surface area contributed by atoms with Crippen molar-refractivity contribution < 1.29 is 4.79 Å². The first-order valence-corrected chi connectivity index (χ1v) is 6.80. The first-order valence-electron chi connectivity index (χ1n) is 6.43. The number of nitrogens with one attached hydrogen (secondary N) is 1. The molecule has 2 rings (SSSR count). The van der Waals surface area contributed by atoms with Crippen LogP contribution in [0, 0.1) is 6.92 Å². The average Bonchev–Trinajstić information content (AvgIpc) is 2.44. The maximum absolute atomic E-state index is 12.1. The fourth-order valence-electron chi connectivity index (χ4n) is 1.92. The average molecular weight is 289 g/mol. The van der Waals surface area contributed by atoms with Crippen LogP contribution in [0.2, 0.25) is 5.02 Å². The summed E-state index contributed by atoms with van der Waals surface area (Å²) in [5, 5.41) is 3.29. The van der Waals surface area contributed by atoms with Crippen molar-refractivity contribution in [3.05, 3.63) is 64.7 Å². The molecule has 0 aliphatic carbocycles. The Morgan fingerprint density at radius 3 is 2.65 bits per heavy atom. The summed E-state index contributed by atoms with van der Waals surface area (Å²) >= 11 is 6.05. The molecule has 1 unspecified atom stereocenters. The van der Waals surface area contributed by atoms with E-state index < -0.39 is 6.04 Å². The number of amides is 1. The zero-order valence-corrected chi connectivity index (χ0v) is 12.0. The predicted octanol–water partition coefficient (Wildman–Crippen LogP) is 3.16. The molecule has 0 heterocycles. The molecule has 2 aromatic rings. The molecular formula is C16H17ClN2O. The van der Waals surface area contributed by atoms with Crippen LogP contribution in [-0.4, -0.2) is 11.9 Å². The standard InChI is InChI=1S/C16H17ClN2O/c1-11-7-8-13(17)15(9-11)19-16(20)14(18)10-12-5-3-2-4-6-12/h2-9,14H,10,18H2,1H3,(H,19,20). The van der Waals surface area contributed by atoms with Crippen molar-refractivity contribution in [3.8, 4) is 0 Å². The zero-order chi connectivity index (χ0) is 14.5. The van der Waals surface area contributed by atoms with E-state index >= 15 is 0 Å². The third kappa shape index (κ3) is 3.83. The van der Waals surface area contributed by atoms with Crippen molar-refractivity contribution in [2.24, 2.45) is 5.73 Å². The van der Waals surface area contributed by atoms with Crippen LogP contribution in [0.15, 0.2) is 48.5 Å². The zero-order valence-electron chi connectivity index (χ0n) is 11.3. The highest BCUT2D eigenvalue weighted by Gasteiger charge is 2.15. The van der Waals surface area contributed by atoms with E-state index in [9.17, 15) is 4.79 Å². The molecule has 0 spiro atoms. The number of carbonyl (C=O) groups excluding carboxylic acids is 1. The first kappa shape index (κ1) is 14.6. The van der Waals surface area contributed by atoms with Crippen molar-refractivity contribution in [2.45, 2.75) is 19.4 Å². The lowest BCUT2D eigenvalue weighted by Crippen LogP contribution is -2.37. The second kappa shape index (κ2) is 6.55. The molecule has 0 aromatic heterocycles. The molecule has 0 bridgehead atoms. The van der Waals surface area contributed by atoms with Crippen LogP contribution >= 0.6 is 11.6 Å². The quantitative estimate of drug-likeness (QED) is 0.908. The summed E-state index contributed by atoms with van der Waals surface area (Å²) in [6.07, 6.45) is 0.496. The van der Waals surface area contributed by atoms with E-state index in [0.29, 0.717) is 17.1 Å². The number of rotatable bonds is 4. The van der Waals surface area contributed by atoms with Gasteiger partial charge in [-0.05, 0) is 36.6 Å². The van der Waals surface area contributed by atoms with Crippen LogP contribution in [0.3, 0.4) is 0 Å². The van der Waals surface area contributed by atoms with Gasteiger partial charge in [0.15, 0.2) is 0 Å². The summed E-state index contributed by atoms with van der Waals surface area (Å²) in [6.45, 7) is 1.94. The van der Waals surface area contributed by atoms with Crippen LogP contribution in [0.1, 0.15) is 11.1 Å². The van der Waals surface area contributed by atoms with Gasteiger partial charge in [0.1, 0.15) is 0 Å². The first-order chi connectivity index (χ1) is 9.56. The van der Waals surface area contributed by atoms with Gasteiger partial charge in [-0.25, -0.2) is 0 Å². The molecule has 0 aliphatic heterocycles. The Hall–Kier alpha value is -1.84.